The predicted molar refractivity (Wildman–Crippen MR) is 65.6 cm³/mol. The molecule has 1 heterocycles. The molecule has 1 aliphatic heterocycles. The van der Waals surface area contributed by atoms with E-state index in [2.05, 4.69) is 10.6 Å². The lowest BCUT2D eigenvalue weighted by Gasteiger charge is -2.31. The summed E-state index contributed by atoms with van der Waals surface area (Å²) in [6, 6.07) is 4.47. The summed E-state index contributed by atoms with van der Waals surface area (Å²) in [6.07, 6.45) is -4.35. The van der Waals surface area contributed by atoms with Gasteiger partial charge in [-0.25, -0.2) is 0 Å². The average Bonchev–Trinajstić information content (AvgIpc) is 2.26. The molecule has 19 heavy (non-hydrogen) atoms. The largest absolute Gasteiger partial charge is 0.416 e. The third-order valence-electron chi connectivity index (χ3n) is 3.41. The Hall–Kier alpha value is -1.56. The van der Waals surface area contributed by atoms with Gasteiger partial charge < -0.3 is 10.6 Å². The lowest BCUT2D eigenvalue weighted by Crippen LogP contribution is -2.48. The molecule has 2 rings (SSSR count). The van der Waals surface area contributed by atoms with E-state index in [1.54, 1.807) is 0 Å². The number of carbonyl (C=O) groups is 1. The molecule has 1 aromatic rings. The molecule has 1 aliphatic rings. The Morgan fingerprint density at radius 2 is 1.89 bits per heavy atom. The topological polar surface area (TPSA) is 41.1 Å². The van der Waals surface area contributed by atoms with Gasteiger partial charge in [0.15, 0.2) is 0 Å². The van der Waals surface area contributed by atoms with Gasteiger partial charge in [0.05, 0.1) is 5.56 Å². The van der Waals surface area contributed by atoms with Crippen LogP contribution in [-0.4, -0.2) is 19.0 Å². The standard InChI is InChI=1S/C13H15F3N2O/c1-8(9-6-17-7-9)12(19)18-11-4-2-10(3-5-11)13(14,15)16/h2-5,8-9,17H,6-7H2,1H3,(H,18,19). The monoisotopic (exact) mass is 272 g/mol. The van der Waals surface area contributed by atoms with E-state index in [4.69, 9.17) is 0 Å². The van der Waals surface area contributed by atoms with E-state index in [-0.39, 0.29) is 11.8 Å². The van der Waals surface area contributed by atoms with Crippen LogP contribution in [0.4, 0.5) is 18.9 Å². The molecule has 1 atom stereocenters. The molecule has 1 saturated heterocycles. The van der Waals surface area contributed by atoms with Crippen LogP contribution in [0.5, 0.6) is 0 Å². The molecule has 0 aromatic heterocycles. The molecule has 0 radical (unpaired) electrons. The van der Waals surface area contributed by atoms with Crippen molar-refractivity contribution in [2.75, 3.05) is 18.4 Å². The predicted octanol–water partition coefficient (Wildman–Crippen LogP) is 2.50. The van der Waals surface area contributed by atoms with Crippen molar-refractivity contribution >= 4 is 11.6 Å². The number of amides is 1. The van der Waals surface area contributed by atoms with Gasteiger partial charge in [0, 0.05) is 11.6 Å². The van der Waals surface area contributed by atoms with E-state index in [1.165, 1.54) is 12.1 Å². The maximum atomic E-state index is 12.4. The Bertz CT molecular complexity index is 452. The van der Waals surface area contributed by atoms with Crippen LogP contribution in [-0.2, 0) is 11.0 Å². The van der Waals surface area contributed by atoms with Crippen molar-refractivity contribution in [2.45, 2.75) is 13.1 Å². The summed E-state index contributed by atoms with van der Waals surface area (Å²) in [5, 5.41) is 5.72. The molecule has 1 fully saturated rings. The normalized spacial score (nSPS) is 17.7. The number of nitrogens with one attached hydrogen (secondary N) is 2. The molecule has 1 unspecified atom stereocenters. The van der Waals surface area contributed by atoms with Gasteiger partial charge in [0.2, 0.25) is 5.91 Å². The number of hydrogen-bond donors (Lipinski definition) is 2. The lowest BCUT2D eigenvalue weighted by molar-refractivity contribution is -0.137. The Kier molecular flexibility index (Phi) is 3.80. The van der Waals surface area contributed by atoms with Crippen LogP contribution in [0, 0.1) is 11.8 Å². The van der Waals surface area contributed by atoms with Crippen LogP contribution in [0.2, 0.25) is 0 Å². The lowest BCUT2D eigenvalue weighted by atomic mass is 9.88. The Morgan fingerprint density at radius 1 is 1.32 bits per heavy atom. The minimum Gasteiger partial charge on any atom is -0.326 e. The summed E-state index contributed by atoms with van der Waals surface area (Å²) in [6.45, 7) is 3.44. The first-order valence-corrected chi connectivity index (χ1v) is 6.07. The maximum absolute atomic E-state index is 12.4. The first kappa shape index (κ1) is 13.9. The van der Waals surface area contributed by atoms with Gasteiger partial charge in [-0.05, 0) is 43.3 Å². The van der Waals surface area contributed by atoms with Crippen LogP contribution in [0.3, 0.4) is 0 Å². The van der Waals surface area contributed by atoms with Crippen LogP contribution < -0.4 is 10.6 Å². The molecule has 0 bridgehead atoms. The van der Waals surface area contributed by atoms with Gasteiger partial charge >= 0.3 is 6.18 Å². The molecule has 1 aromatic carbocycles. The number of carbonyl (C=O) groups excluding carboxylic acids is 1. The van der Waals surface area contributed by atoms with E-state index in [1.807, 2.05) is 6.92 Å². The van der Waals surface area contributed by atoms with Gasteiger partial charge in [-0.15, -0.1) is 0 Å². The number of anilines is 1. The summed E-state index contributed by atoms with van der Waals surface area (Å²) in [7, 11) is 0. The number of halogens is 3. The van der Waals surface area contributed by atoms with Gasteiger partial charge in [-0.1, -0.05) is 6.92 Å². The maximum Gasteiger partial charge on any atom is 0.416 e. The highest BCUT2D eigenvalue weighted by Gasteiger charge is 2.31. The van der Waals surface area contributed by atoms with Gasteiger partial charge in [-0.3, -0.25) is 4.79 Å². The highest BCUT2D eigenvalue weighted by atomic mass is 19.4. The van der Waals surface area contributed by atoms with Crippen molar-refractivity contribution in [2.24, 2.45) is 11.8 Å². The van der Waals surface area contributed by atoms with E-state index in [0.29, 0.717) is 11.6 Å². The number of alkyl halides is 3. The molecular formula is C13H15F3N2O. The zero-order chi connectivity index (χ0) is 14.0. The second kappa shape index (κ2) is 5.21. The minimum absolute atomic E-state index is 0.149. The van der Waals surface area contributed by atoms with Crippen molar-refractivity contribution in [3.63, 3.8) is 0 Å². The van der Waals surface area contributed by atoms with E-state index in [0.717, 1.165) is 25.2 Å². The zero-order valence-corrected chi connectivity index (χ0v) is 10.4. The van der Waals surface area contributed by atoms with E-state index < -0.39 is 11.7 Å². The highest BCUT2D eigenvalue weighted by molar-refractivity contribution is 5.92. The number of rotatable bonds is 3. The van der Waals surface area contributed by atoms with Crippen molar-refractivity contribution in [3.8, 4) is 0 Å². The number of hydrogen-bond acceptors (Lipinski definition) is 2. The summed E-state index contributed by atoms with van der Waals surface area (Å²) in [4.78, 5) is 11.9. The van der Waals surface area contributed by atoms with Gasteiger partial charge in [0.1, 0.15) is 0 Å². The Morgan fingerprint density at radius 3 is 2.32 bits per heavy atom. The average molecular weight is 272 g/mol. The fraction of sp³-hybridized carbons (Fsp3) is 0.462. The van der Waals surface area contributed by atoms with Crippen LogP contribution >= 0.6 is 0 Å². The third kappa shape index (κ3) is 3.26. The zero-order valence-electron chi connectivity index (χ0n) is 10.4. The molecule has 6 heteroatoms. The molecule has 0 spiro atoms. The summed E-state index contributed by atoms with van der Waals surface area (Å²) in [5.41, 5.74) is -0.334. The molecule has 104 valence electrons. The molecular weight excluding hydrogens is 257 g/mol. The van der Waals surface area contributed by atoms with Gasteiger partial charge in [0.25, 0.3) is 0 Å². The summed E-state index contributed by atoms with van der Waals surface area (Å²) >= 11 is 0. The quantitative estimate of drug-likeness (QED) is 0.887. The smallest absolute Gasteiger partial charge is 0.326 e. The van der Waals surface area contributed by atoms with Crippen LogP contribution in [0.15, 0.2) is 24.3 Å². The molecule has 0 saturated carbocycles. The summed E-state index contributed by atoms with van der Waals surface area (Å²) in [5.74, 6) is -0.00995. The van der Waals surface area contributed by atoms with Crippen molar-refractivity contribution < 1.29 is 18.0 Å². The van der Waals surface area contributed by atoms with Crippen molar-refractivity contribution in [1.29, 1.82) is 0 Å². The second-order valence-corrected chi connectivity index (χ2v) is 4.77. The second-order valence-electron chi connectivity index (χ2n) is 4.77. The first-order chi connectivity index (χ1) is 8.88. The fourth-order valence-electron chi connectivity index (χ4n) is 1.88. The van der Waals surface area contributed by atoms with E-state index in [9.17, 15) is 18.0 Å². The van der Waals surface area contributed by atoms with E-state index >= 15 is 0 Å². The van der Waals surface area contributed by atoms with Gasteiger partial charge in [-0.2, -0.15) is 13.2 Å². The Balaban J connectivity index is 1.97. The fourth-order valence-corrected chi connectivity index (χ4v) is 1.88. The first-order valence-electron chi connectivity index (χ1n) is 6.07. The van der Waals surface area contributed by atoms with Crippen LogP contribution in [0.25, 0.3) is 0 Å². The third-order valence-corrected chi connectivity index (χ3v) is 3.41. The summed E-state index contributed by atoms with van der Waals surface area (Å²) < 4.78 is 37.1. The highest BCUT2D eigenvalue weighted by Crippen LogP contribution is 2.30. The molecule has 3 nitrogen and oxygen atoms in total. The molecule has 1 amide bonds. The van der Waals surface area contributed by atoms with Crippen molar-refractivity contribution in [1.82, 2.24) is 5.32 Å². The molecule has 0 aliphatic carbocycles. The van der Waals surface area contributed by atoms with Crippen LogP contribution in [0.1, 0.15) is 12.5 Å². The van der Waals surface area contributed by atoms with Crippen molar-refractivity contribution in [3.05, 3.63) is 29.8 Å². The SMILES string of the molecule is CC(C(=O)Nc1ccc(C(F)(F)F)cc1)C1CNC1. The number of benzene rings is 1. The Labute approximate surface area is 109 Å². The molecule has 2 N–H and O–H groups in total. The minimum atomic E-state index is -4.35.